The maximum Gasteiger partial charge on any atom is 0.266 e. The molecule has 29 heavy (non-hydrogen) atoms. The molecule has 0 saturated heterocycles. The van der Waals surface area contributed by atoms with Gasteiger partial charge in [-0.05, 0) is 36.4 Å². The standard InChI is InChI=1S/C18H19N3O7S/c1-11(22)19-14-10-13(4-6-15(14)26-2)29(24,25)21-20-18(23)12-3-5-16-17(9-12)28-8-7-27-16/h3-6,9-10,21H,7-8H2,1-2H3,(H,19,22)(H,20,23). The monoisotopic (exact) mass is 421 g/mol. The molecule has 0 saturated carbocycles. The van der Waals surface area contributed by atoms with E-state index < -0.39 is 21.8 Å². The first-order valence-electron chi connectivity index (χ1n) is 8.47. The van der Waals surface area contributed by atoms with Crippen LogP contribution in [0, 0.1) is 0 Å². The van der Waals surface area contributed by atoms with Gasteiger partial charge in [-0.2, -0.15) is 0 Å². The molecule has 154 valence electrons. The van der Waals surface area contributed by atoms with Crippen LogP contribution in [-0.2, 0) is 14.8 Å². The highest BCUT2D eigenvalue weighted by Gasteiger charge is 2.20. The lowest BCUT2D eigenvalue weighted by molar-refractivity contribution is -0.114. The number of ether oxygens (including phenoxy) is 3. The Labute approximate surface area is 167 Å². The number of carbonyl (C=O) groups is 2. The normalized spacial score (nSPS) is 12.8. The molecule has 0 fully saturated rings. The summed E-state index contributed by atoms with van der Waals surface area (Å²) in [5.41, 5.74) is 2.51. The Bertz CT molecular complexity index is 1050. The molecule has 0 spiro atoms. The van der Waals surface area contributed by atoms with Crippen molar-refractivity contribution in [1.82, 2.24) is 10.3 Å². The number of nitrogens with one attached hydrogen (secondary N) is 3. The van der Waals surface area contributed by atoms with Gasteiger partial charge in [-0.1, -0.05) is 0 Å². The van der Waals surface area contributed by atoms with Gasteiger partial charge in [0.2, 0.25) is 5.91 Å². The predicted molar refractivity (Wildman–Crippen MR) is 103 cm³/mol. The highest BCUT2D eigenvalue weighted by Crippen LogP contribution is 2.31. The Hall–Kier alpha value is -3.31. The van der Waals surface area contributed by atoms with Gasteiger partial charge < -0.3 is 19.5 Å². The first-order valence-corrected chi connectivity index (χ1v) is 9.96. The predicted octanol–water partition coefficient (Wildman–Crippen LogP) is 1.05. The van der Waals surface area contributed by atoms with Crippen LogP contribution in [0.3, 0.4) is 0 Å². The number of fused-ring (bicyclic) bond motifs is 1. The molecule has 0 bridgehead atoms. The van der Waals surface area contributed by atoms with Gasteiger partial charge in [-0.3, -0.25) is 15.0 Å². The van der Waals surface area contributed by atoms with Crippen molar-refractivity contribution >= 4 is 27.5 Å². The molecule has 0 atom stereocenters. The summed E-state index contributed by atoms with van der Waals surface area (Å²) in [6.45, 7) is 2.06. The van der Waals surface area contributed by atoms with Gasteiger partial charge in [0.1, 0.15) is 19.0 Å². The minimum absolute atomic E-state index is 0.176. The molecule has 2 aromatic carbocycles. The molecule has 1 aliphatic heterocycles. The number of sulfonamides is 1. The van der Waals surface area contributed by atoms with E-state index in [1.807, 2.05) is 4.83 Å². The molecule has 0 aromatic heterocycles. The van der Waals surface area contributed by atoms with Crippen LogP contribution in [0.2, 0.25) is 0 Å². The summed E-state index contributed by atoms with van der Waals surface area (Å²) in [5, 5.41) is 2.49. The first kappa shape index (κ1) is 20.4. The Kier molecular flexibility index (Phi) is 5.89. The van der Waals surface area contributed by atoms with Crippen LogP contribution in [0.5, 0.6) is 17.2 Å². The molecule has 1 heterocycles. The summed E-state index contributed by atoms with van der Waals surface area (Å²) in [6, 6.07) is 8.41. The lowest BCUT2D eigenvalue weighted by Gasteiger charge is -2.18. The zero-order valence-electron chi connectivity index (χ0n) is 15.6. The number of methoxy groups -OCH3 is 1. The lowest BCUT2D eigenvalue weighted by atomic mass is 10.2. The molecule has 1 aliphatic rings. The van der Waals surface area contributed by atoms with Crippen molar-refractivity contribution in [2.45, 2.75) is 11.8 Å². The fraction of sp³-hybridized carbons (Fsp3) is 0.222. The Morgan fingerprint density at radius 1 is 1.03 bits per heavy atom. The number of rotatable bonds is 6. The second-order valence-corrected chi connectivity index (χ2v) is 7.64. The third-order valence-electron chi connectivity index (χ3n) is 3.90. The maximum atomic E-state index is 12.5. The highest BCUT2D eigenvalue weighted by atomic mass is 32.2. The van der Waals surface area contributed by atoms with E-state index in [4.69, 9.17) is 14.2 Å². The van der Waals surface area contributed by atoms with Crippen molar-refractivity contribution in [3.63, 3.8) is 0 Å². The maximum absolute atomic E-state index is 12.5. The average molecular weight is 421 g/mol. The molecule has 2 amide bonds. The molecule has 0 radical (unpaired) electrons. The topological polar surface area (TPSA) is 132 Å². The smallest absolute Gasteiger partial charge is 0.266 e. The van der Waals surface area contributed by atoms with E-state index in [0.29, 0.717) is 30.5 Å². The number of benzene rings is 2. The summed E-state index contributed by atoms with van der Waals surface area (Å²) < 4.78 is 40.9. The van der Waals surface area contributed by atoms with E-state index in [0.717, 1.165) is 0 Å². The van der Waals surface area contributed by atoms with Crippen LogP contribution in [0.15, 0.2) is 41.3 Å². The summed E-state index contributed by atoms with van der Waals surface area (Å²) >= 11 is 0. The summed E-state index contributed by atoms with van der Waals surface area (Å²) in [6.07, 6.45) is 0. The van der Waals surface area contributed by atoms with Crippen molar-refractivity contribution in [3.8, 4) is 17.2 Å². The summed E-state index contributed by atoms with van der Waals surface area (Å²) in [4.78, 5) is 25.5. The van der Waals surface area contributed by atoms with Crippen LogP contribution >= 0.6 is 0 Å². The van der Waals surface area contributed by atoms with E-state index >= 15 is 0 Å². The van der Waals surface area contributed by atoms with Gasteiger partial charge >= 0.3 is 0 Å². The number of carbonyl (C=O) groups excluding carboxylic acids is 2. The van der Waals surface area contributed by atoms with E-state index in [1.54, 1.807) is 6.07 Å². The SMILES string of the molecule is COc1ccc(S(=O)(=O)NNC(=O)c2ccc3c(c2)OCCO3)cc1NC(C)=O. The van der Waals surface area contributed by atoms with Crippen molar-refractivity contribution in [1.29, 1.82) is 0 Å². The first-order chi connectivity index (χ1) is 13.8. The van der Waals surface area contributed by atoms with Gasteiger partial charge in [0, 0.05) is 12.5 Å². The van der Waals surface area contributed by atoms with Gasteiger partial charge in [0.25, 0.3) is 15.9 Å². The molecule has 3 rings (SSSR count). The summed E-state index contributed by atoms with van der Waals surface area (Å²) in [7, 11) is -2.72. The third-order valence-corrected chi connectivity index (χ3v) is 5.14. The zero-order chi connectivity index (χ0) is 21.0. The average Bonchev–Trinajstić information content (AvgIpc) is 2.71. The molecular weight excluding hydrogens is 402 g/mol. The molecule has 10 nitrogen and oxygen atoms in total. The van der Waals surface area contributed by atoms with E-state index in [2.05, 4.69) is 10.7 Å². The number of amides is 2. The molecular formula is C18H19N3O7S. The Balaban J connectivity index is 1.74. The number of anilines is 1. The molecule has 0 aliphatic carbocycles. The van der Waals surface area contributed by atoms with Gasteiger partial charge in [-0.15, -0.1) is 4.83 Å². The van der Waals surface area contributed by atoms with Crippen molar-refractivity contribution < 1.29 is 32.2 Å². The largest absolute Gasteiger partial charge is 0.495 e. The van der Waals surface area contributed by atoms with Crippen LogP contribution in [0.25, 0.3) is 0 Å². The van der Waals surface area contributed by atoms with Crippen molar-refractivity contribution in [2.24, 2.45) is 0 Å². The number of hydrogen-bond donors (Lipinski definition) is 3. The minimum atomic E-state index is -4.11. The fourth-order valence-electron chi connectivity index (χ4n) is 2.57. The molecule has 11 heteroatoms. The van der Waals surface area contributed by atoms with Gasteiger partial charge in [0.15, 0.2) is 11.5 Å². The van der Waals surface area contributed by atoms with Crippen molar-refractivity contribution in [3.05, 3.63) is 42.0 Å². The third kappa shape index (κ3) is 4.76. The van der Waals surface area contributed by atoms with E-state index in [9.17, 15) is 18.0 Å². The number of hydrogen-bond acceptors (Lipinski definition) is 7. The van der Waals surface area contributed by atoms with Gasteiger partial charge in [0.05, 0.1) is 17.7 Å². The van der Waals surface area contributed by atoms with Crippen LogP contribution in [0.4, 0.5) is 5.69 Å². The highest BCUT2D eigenvalue weighted by molar-refractivity contribution is 7.89. The van der Waals surface area contributed by atoms with Crippen LogP contribution < -0.4 is 29.8 Å². The fourth-order valence-corrected chi connectivity index (χ4v) is 3.44. The molecule has 0 unspecified atom stereocenters. The lowest BCUT2D eigenvalue weighted by Crippen LogP contribution is -2.41. The second kappa shape index (κ2) is 8.37. The number of hydrazine groups is 1. The zero-order valence-corrected chi connectivity index (χ0v) is 16.5. The van der Waals surface area contributed by atoms with E-state index in [-0.39, 0.29) is 16.1 Å². The Morgan fingerprint density at radius 3 is 2.45 bits per heavy atom. The van der Waals surface area contributed by atoms with Crippen LogP contribution in [-0.4, -0.2) is 40.6 Å². The second-order valence-electron chi connectivity index (χ2n) is 5.96. The van der Waals surface area contributed by atoms with E-state index in [1.165, 1.54) is 44.4 Å². The molecule has 3 N–H and O–H groups in total. The Morgan fingerprint density at radius 2 is 1.76 bits per heavy atom. The van der Waals surface area contributed by atoms with Gasteiger partial charge in [-0.25, -0.2) is 8.42 Å². The summed E-state index contributed by atoms with van der Waals surface area (Å²) in [5.74, 6) is 0.136. The quantitative estimate of drug-likeness (QED) is 0.594. The van der Waals surface area contributed by atoms with Crippen molar-refractivity contribution in [2.75, 3.05) is 25.6 Å². The van der Waals surface area contributed by atoms with Crippen LogP contribution in [0.1, 0.15) is 17.3 Å². The molecule has 2 aromatic rings. The minimum Gasteiger partial charge on any atom is -0.495 e.